The van der Waals surface area contributed by atoms with Gasteiger partial charge in [0.15, 0.2) is 11.6 Å². The molecule has 0 saturated heterocycles. The summed E-state index contributed by atoms with van der Waals surface area (Å²) >= 11 is 0. The van der Waals surface area contributed by atoms with Gasteiger partial charge in [-0.15, -0.1) is 10.2 Å². The van der Waals surface area contributed by atoms with E-state index >= 15 is 0 Å². The van der Waals surface area contributed by atoms with Crippen LogP contribution in [0.4, 0.5) is 0 Å². The summed E-state index contributed by atoms with van der Waals surface area (Å²) in [6.07, 6.45) is 1.80. The fourth-order valence-electron chi connectivity index (χ4n) is 4.72. The third-order valence-corrected chi connectivity index (χ3v) is 6.65. The standard InChI is InChI=1S/C27H22N6O4/c1-13-10-16(12-29-14(13)2)18-11-15(8-9-19(18)35-3)21-22-24(17-6-4-5-7-20(17)36-27(22)34)37-25(28)23(21)26-30-32-33-31-26/h4-12,21H,28H2,1-3H3,(H,30,31,32,33). The predicted molar refractivity (Wildman–Crippen MR) is 136 cm³/mol. The first-order valence-electron chi connectivity index (χ1n) is 11.5. The third-order valence-electron chi connectivity index (χ3n) is 6.65. The third kappa shape index (κ3) is 3.61. The van der Waals surface area contributed by atoms with Crippen LogP contribution in [0.5, 0.6) is 11.5 Å². The van der Waals surface area contributed by atoms with E-state index in [1.165, 1.54) is 0 Å². The van der Waals surface area contributed by atoms with Gasteiger partial charge in [-0.3, -0.25) is 4.98 Å². The van der Waals surface area contributed by atoms with Crippen LogP contribution in [-0.2, 0) is 0 Å². The van der Waals surface area contributed by atoms with Crippen molar-refractivity contribution >= 4 is 16.5 Å². The molecule has 0 bridgehead atoms. The van der Waals surface area contributed by atoms with Crippen molar-refractivity contribution in [1.82, 2.24) is 25.6 Å². The second-order valence-electron chi connectivity index (χ2n) is 8.76. The molecular weight excluding hydrogens is 472 g/mol. The number of allylic oxidation sites excluding steroid dienone is 1. The normalized spacial score (nSPS) is 14.9. The molecule has 0 amide bonds. The van der Waals surface area contributed by atoms with Crippen molar-refractivity contribution < 1.29 is 13.9 Å². The van der Waals surface area contributed by atoms with E-state index in [2.05, 4.69) is 25.6 Å². The molecule has 37 heavy (non-hydrogen) atoms. The van der Waals surface area contributed by atoms with Crippen LogP contribution in [0.1, 0.15) is 34.1 Å². The van der Waals surface area contributed by atoms with E-state index in [1.807, 2.05) is 50.2 Å². The molecule has 0 radical (unpaired) electrons. The molecule has 0 aliphatic carbocycles. The summed E-state index contributed by atoms with van der Waals surface area (Å²) in [4.78, 5) is 18.0. The Morgan fingerprint density at radius 3 is 2.70 bits per heavy atom. The second kappa shape index (κ2) is 8.59. The molecule has 0 saturated carbocycles. The van der Waals surface area contributed by atoms with Crippen LogP contribution in [-0.4, -0.2) is 32.7 Å². The lowest BCUT2D eigenvalue weighted by molar-refractivity contribution is 0.398. The highest BCUT2D eigenvalue weighted by molar-refractivity contribution is 5.89. The highest BCUT2D eigenvalue weighted by Gasteiger charge is 2.38. The lowest BCUT2D eigenvalue weighted by Crippen LogP contribution is -2.26. The number of pyridine rings is 1. The number of nitrogens with one attached hydrogen (secondary N) is 1. The minimum absolute atomic E-state index is 0.0693. The molecule has 5 aromatic rings. The summed E-state index contributed by atoms with van der Waals surface area (Å²) in [7, 11) is 1.61. The van der Waals surface area contributed by atoms with Gasteiger partial charge in [0.05, 0.1) is 29.6 Å². The fraction of sp³-hybridized carbons (Fsp3) is 0.148. The average Bonchev–Trinajstić information content (AvgIpc) is 3.44. The number of ether oxygens (including phenoxy) is 2. The van der Waals surface area contributed by atoms with E-state index in [0.29, 0.717) is 33.6 Å². The van der Waals surface area contributed by atoms with E-state index < -0.39 is 11.5 Å². The largest absolute Gasteiger partial charge is 0.496 e. The Hall–Kier alpha value is -4.99. The van der Waals surface area contributed by atoms with Crippen molar-refractivity contribution in [3.05, 3.63) is 99.2 Å². The number of para-hydroxylation sites is 1. The van der Waals surface area contributed by atoms with Crippen LogP contribution in [0, 0.1) is 13.8 Å². The van der Waals surface area contributed by atoms with Gasteiger partial charge >= 0.3 is 5.63 Å². The van der Waals surface area contributed by atoms with Crippen LogP contribution in [0.25, 0.3) is 27.7 Å². The van der Waals surface area contributed by atoms with Gasteiger partial charge in [-0.05, 0) is 60.5 Å². The van der Waals surface area contributed by atoms with Crippen LogP contribution in [0.3, 0.4) is 0 Å². The molecular formula is C27H22N6O4. The van der Waals surface area contributed by atoms with E-state index in [1.54, 1.807) is 25.4 Å². The highest BCUT2D eigenvalue weighted by Crippen LogP contribution is 2.47. The van der Waals surface area contributed by atoms with Crippen molar-refractivity contribution in [2.45, 2.75) is 19.8 Å². The van der Waals surface area contributed by atoms with Crippen molar-refractivity contribution in [2.75, 3.05) is 7.11 Å². The van der Waals surface area contributed by atoms with E-state index in [4.69, 9.17) is 19.6 Å². The maximum atomic E-state index is 13.4. The molecule has 1 aliphatic heterocycles. The van der Waals surface area contributed by atoms with Gasteiger partial charge in [0.2, 0.25) is 5.82 Å². The first-order chi connectivity index (χ1) is 18.0. The van der Waals surface area contributed by atoms with E-state index in [0.717, 1.165) is 27.9 Å². The number of aromatic nitrogens is 5. The maximum absolute atomic E-state index is 13.4. The quantitative estimate of drug-likeness (QED) is 0.356. The molecule has 3 aromatic heterocycles. The Balaban J connectivity index is 1.65. The molecule has 10 heteroatoms. The van der Waals surface area contributed by atoms with Crippen molar-refractivity contribution in [3.8, 4) is 22.6 Å². The summed E-state index contributed by atoms with van der Waals surface area (Å²) in [6.45, 7) is 3.96. The first-order valence-corrected chi connectivity index (χ1v) is 11.5. The summed E-state index contributed by atoms with van der Waals surface area (Å²) in [5.41, 5.74) is 11.4. The Morgan fingerprint density at radius 1 is 1.11 bits per heavy atom. The summed E-state index contributed by atoms with van der Waals surface area (Å²) in [5, 5.41) is 15.0. The lowest BCUT2D eigenvalue weighted by atomic mass is 9.82. The second-order valence-corrected chi connectivity index (χ2v) is 8.76. The van der Waals surface area contributed by atoms with Gasteiger partial charge in [0.25, 0.3) is 0 Å². The number of tetrazole rings is 1. The fourth-order valence-corrected chi connectivity index (χ4v) is 4.72. The van der Waals surface area contributed by atoms with Gasteiger partial charge in [-0.1, -0.05) is 18.2 Å². The Morgan fingerprint density at radius 2 is 1.95 bits per heavy atom. The Bertz CT molecular complexity index is 1760. The topological polar surface area (TPSA) is 142 Å². The number of methoxy groups -OCH3 is 1. The lowest BCUT2D eigenvalue weighted by Gasteiger charge is -2.28. The zero-order valence-corrected chi connectivity index (χ0v) is 20.3. The minimum atomic E-state index is -0.702. The number of fused-ring (bicyclic) bond motifs is 3. The number of H-pyrrole nitrogens is 1. The summed E-state index contributed by atoms with van der Waals surface area (Å²) in [6, 6.07) is 14.9. The average molecular weight is 495 g/mol. The van der Waals surface area contributed by atoms with Gasteiger partial charge in [0.1, 0.15) is 11.3 Å². The number of hydrogen-bond acceptors (Lipinski definition) is 9. The Labute approximate surface area is 210 Å². The van der Waals surface area contributed by atoms with Crippen LogP contribution >= 0.6 is 0 Å². The molecule has 4 heterocycles. The van der Waals surface area contributed by atoms with Crippen molar-refractivity contribution in [3.63, 3.8) is 0 Å². The molecule has 0 spiro atoms. The smallest absolute Gasteiger partial charge is 0.344 e. The van der Waals surface area contributed by atoms with Crippen LogP contribution < -0.4 is 20.8 Å². The molecule has 3 N–H and O–H groups in total. The number of nitrogens with two attached hydrogens (primary N) is 1. The maximum Gasteiger partial charge on any atom is 0.344 e. The molecule has 1 unspecified atom stereocenters. The number of aryl methyl sites for hydroxylation is 2. The number of hydrogen-bond donors (Lipinski definition) is 2. The summed E-state index contributed by atoms with van der Waals surface area (Å²) in [5.74, 6) is 0.577. The number of rotatable bonds is 4. The molecule has 6 rings (SSSR count). The predicted octanol–water partition coefficient (Wildman–Crippen LogP) is 3.85. The summed E-state index contributed by atoms with van der Waals surface area (Å²) < 4.78 is 17.4. The van der Waals surface area contributed by atoms with Gasteiger partial charge in [-0.25, -0.2) is 4.79 Å². The number of nitrogens with zero attached hydrogens (tertiary/aromatic N) is 4. The molecule has 1 aliphatic rings. The highest BCUT2D eigenvalue weighted by atomic mass is 16.5. The molecule has 184 valence electrons. The first kappa shape index (κ1) is 22.5. The van der Waals surface area contributed by atoms with Gasteiger partial charge < -0.3 is 19.6 Å². The van der Waals surface area contributed by atoms with E-state index in [9.17, 15) is 4.79 Å². The monoisotopic (exact) mass is 494 g/mol. The van der Waals surface area contributed by atoms with E-state index in [-0.39, 0.29) is 11.7 Å². The molecule has 2 aromatic carbocycles. The van der Waals surface area contributed by atoms with Crippen molar-refractivity contribution in [1.29, 1.82) is 0 Å². The number of benzene rings is 2. The van der Waals surface area contributed by atoms with Gasteiger partial charge in [0, 0.05) is 23.0 Å². The van der Waals surface area contributed by atoms with Crippen LogP contribution in [0.15, 0.2) is 69.8 Å². The molecule has 1 atom stereocenters. The molecule has 0 fully saturated rings. The van der Waals surface area contributed by atoms with Crippen molar-refractivity contribution in [2.24, 2.45) is 5.73 Å². The van der Waals surface area contributed by atoms with Crippen LogP contribution in [0.2, 0.25) is 0 Å². The zero-order chi connectivity index (χ0) is 25.7. The minimum Gasteiger partial charge on any atom is -0.496 e. The SMILES string of the molecule is COc1ccc(C2C(c3nn[nH]n3)=C(N)Oc3c2c(=O)oc2ccccc32)cc1-c1cnc(C)c(C)c1. The zero-order valence-electron chi connectivity index (χ0n) is 20.3. The Kier molecular flexibility index (Phi) is 5.22. The van der Waals surface area contributed by atoms with Gasteiger partial charge in [-0.2, -0.15) is 5.21 Å². The molecule has 10 nitrogen and oxygen atoms in total. The number of aromatic amines is 1.